The number of H-pyrrole nitrogens is 1. The molecule has 1 atom stereocenters. The highest BCUT2D eigenvalue weighted by molar-refractivity contribution is 5.81. The van der Waals surface area contributed by atoms with Gasteiger partial charge in [0.15, 0.2) is 0 Å². The van der Waals surface area contributed by atoms with E-state index in [1.165, 1.54) is 6.33 Å². The Morgan fingerprint density at radius 1 is 1.47 bits per heavy atom. The molecule has 0 fully saturated rings. The second-order valence-corrected chi connectivity index (χ2v) is 5.78. The molecule has 1 amide bonds. The molecule has 0 saturated carbocycles. The van der Waals surface area contributed by atoms with E-state index in [0.717, 1.165) is 12.2 Å². The average molecular weight is 238 g/mol. The molecule has 1 unspecified atom stereocenters. The van der Waals surface area contributed by atoms with Crippen molar-refractivity contribution in [2.45, 2.75) is 47.1 Å². The molecule has 0 aliphatic carbocycles. The van der Waals surface area contributed by atoms with E-state index < -0.39 is 5.41 Å². The summed E-state index contributed by atoms with van der Waals surface area (Å²) in [7, 11) is 0. The van der Waals surface area contributed by atoms with E-state index in [0.29, 0.717) is 5.92 Å². The van der Waals surface area contributed by atoms with Crippen LogP contribution in [0.1, 0.15) is 52.9 Å². The Kier molecular flexibility index (Phi) is 4.26. The lowest BCUT2D eigenvalue weighted by molar-refractivity contribution is -0.129. The predicted octanol–water partition coefficient (Wildman–Crippen LogP) is 2.05. The quantitative estimate of drug-likeness (QED) is 0.843. The molecule has 1 heterocycles. The molecule has 96 valence electrons. The number of carbonyl (C=O) groups excluding carboxylic acids is 1. The van der Waals surface area contributed by atoms with Gasteiger partial charge in [-0.3, -0.25) is 9.89 Å². The highest BCUT2D eigenvalue weighted by Crippen LogP contribution is 2.21. The van der Waals surface area contributed by atoms with Gasteiger partial charge in [0.25, 0.3) is 0 Å². The van der Waals surface area contributed by atoms with Crippen LogP contribution in [0.4, 0.5) is 0 Å². The van der Waals surface area contributed by atoms with E-state index >= 15 is 0 Å². The maximum absolute atomic E-state index is 12.0. The minimum absolute atomic E-state index is 0.0274. The third kappa shape index (κ3) is 4.17. The van der Waals surface area contributed by atoms with E-state index in [4.69, 9.17) is 0 Å². The van der Waals surface area contributed by atoms with Gasteiger partial charge in [0.1, 0.15) is 12.2 Å². The molecule has 17 heavy (non-hydrogen) atoms. The maximum Gasteiger partial charge on any atom is 0.225 e. The van der Waals surface area contributed by atoms with Gasteiger partial charge in [-0.1, -0.05) is 34.6 Å². The van der Waals surface area contributed by atoms with Crippen LogP contribution in [0.25, 0.3) is 0 Å². The lowest BCUT2D eigenvalue weighted by atomic mass is 9.94. The van der Waals surface area contributed by atoms with E-state index in [-0.39, 0.29) is 11.9 Å². The number of aromatic amines is 1. The molecule has 0 bridgehead atoms. The van der Waals surface area contributed by atoms with Crippen molar-refractivity contribution in [1.82, 2.24) is 20.5 Å². The van der Waals surface area contributed by atoms with Gasteiger partial charge < -0.3 is 5.32 Å². The zero-order valence-corrected chi connectivity index (χ0v) is 11.2. The largest absolute Gasteiger partial charge is 0.346 e. The molecule has 1 aromatic heterocycles. The summed E-state index contributed by atoms with van der Waals surface area (Å²) in [6.45, 7) is 9.93. The van der Waals surface area contributed by atoms with Gasteiger partial charge in [-0.05, 0) is 12.3 Å². The summed E-state index contributed by atoms with van der Waals surface area (Å²) in [5, 5.41) is 9.67. The first-order valence-electron chi connectivity index (χ1n) is 5.97. The Morgan fingerprint density at radius 3 is 2.53 bits per heavy atom. The van der Waals surface area contributed by atoms with Gasteiger partial charge >= 0.3 is 0 Å². The van der Waals surface area contributed by atoms with Gasteiger partial charge in [0.05, 0.1) is 6.04 Å². The lowest BCUT2D eigenvalue weighted by Crippen LogP contribution is -2.38. The van der Waals surface area contributed by atoms with Crippen LogP contribution in [0.15, 0.2) is 6.33 Å². The lowest BCUT2D eigenvalue weighted by Gasteiger charge is -2.24. The van der Waals surface area contributed by atoms with Crippen molar-refractivity contribution in [3.63, 3.8) is 0 Å². The van der Waals surface area contributed by atoms with Gasteiger partial charge in [0, 0.05) is 5.41 Å². The average Bonchev–Trinajstić information content (AvgIpc) is 2.66. The van der Waals surface area contributed by atoms with Crippen LogP contribution < -0.4 is 5.32 Å². The summed E-state index contributed by atoms with van der Waals surface area (Å²) in [6.07, 6.45) is 2.31. The van der Waals surface area contributed by atoms with Crippen molar-refractivity contribution >= 4 is 5.91 Å². The molecule has 0 radical (unpaired) electrons. The van der Waals surface area contributed by atoms with Gasteiger partial charge in [0.2, 0.25) is 5.91 Å². The minimum Gasteiger partial charge on any atom is -0.346 e. The summed E-state index contributed by atoms with van der Waals surface area (Å²) in [4.78, 5) is 16.1. The Balaban J connectivity index is 2.75. The van der Waals surface area contributed by atoms with Crippen LogP contribution in [-0.2, 0) is 4.79 Å². The van der Waals surface area contributed by atoms with E-state index in [9.17, 15) is 4.79 Å². The van der Waals surface area contributed by atoms with Gasteiger partial charge in [-0.2, -0.15) is 5.10 Å². The van der Waals surface area contributed by atoms with Crippen molar-refractivity contribution in [1.29, 1.82) is 0 Å². The van der Waals surface area contributed by atoms with Crippen molar-refractivity contribution < 1.29 is 4.79 Å². The van der Waals surface area contributed by atoms with E-state index in [2.05, 4.69) is 34.3 Å². The second kappa shape index (κ2) is 5.29. The molecule has 0 spiro atoms. The third-order valence-corrected chi connectivity index (χ3v) is 2.46. The molecule has 1 aromatic rings. The number of nitrogens with zero attached hydrogens (tertiary/aromatic N) is 2. The molecule has 0 aliphatic heterocycles. The standard InChI is InChI=1S/C12H22N4O/c1-8(2)6-9(10-13-7-14-16-10)15-11(17)12(3,4)5/h7-9H,6H2,1-5H3,(H,15,17)(H,13,14,16). The Hall–Kier alpha value is -1.39. The van der Waals surface area contributed by atoms with E-state index in [1.807, 2.05) is 20.8 Å². The van der Waals surface area contributed by atoms with Gasteiger partial charge in [-0.15, -0.1) is 0 Å². The first kappa shape index (κ1) is 13.7. The van der Waals surface area contributed by atoms with Crippen LogP contribution in [0.2, 0.25) is 0 Å². The number of aromatic nitrogens is 3. The molecule has 0 aliphatic rings. The fourth-order valence-corrected chi connectivity index (χ4v) is 1.47. The van der Waals surface area contributed by atoms with Crippen molar-refractivity contribution in [2.24, 2.45) is 11.3 Å². The smallest absolute Gasteiger partial charge is 0.225 e. The summed E-state index contributed by atoms with van der Waals surface area (Å²) >= 11 is 0. The van der Waals surface area contributed by atoms with Crippen molar-refractivity contribution in [3.8, 4) is 0 Å². The van der Waals surface area contributed by atoms with Crippen LogP contribution >= 0.6 is 0 Å². The fourth-order valence-electron chi connectivity index (χ4n) is 1.47. The third-order valence-electron chi connectivity index (χ3n) is 2.46. The zero-order valence-electron chi connectivity index (χ0n) is 11.2. The summed E-state index contributed by atoms with van der Waals surface area (Å²) in [5.74, 6) is 1.22. The number of hydrogen-bond acceptors (Lipinski definition) is 3. The van der Waals surface area contributed by atoms with Crippen LogP contribution in [-0.4, -0.2) is 21.1 Å². The number of carbonyl (C=O) groups is 1. The number of rotatable bonds is 4. The molecule has 1 rings (SSSR count). The molecule has 5 heteroatoms. The number of nitrogens with one attached hydrogen (secondary N) is 2. The van der Waals surface area contributed by atoms with E-state index in [1.54, 1.807) is 0 Å². The van der Waals surface area contributed by atoms with Crippen molar-refractivity contribution in [3.05, 3.63) is 12.2 Å². The van der Waals surface area contributed by atoms with Crippen molar-refractivity contribution in [2.75, 3.05) is 0 Å². The highest BCUT2D eigenvalue weighted by atomic mass is 16.2. The molecule has 0 aromatic carbocycles. The van der Waals surface area contributed by atoms with Crippen LogP contribution in [0, 0.1) is 11.3 Å². The molecule has 5 nitrogen and oxygen atoms in total. The summed E-state index contributed by atoms with van der Waals surface area (Å²) in [6, 6.07) is -0.0933. The molecule has 0 saturated heterocycles. The SMILES string of the molecule is CC(C)CC(NC(=O)C(C)(C)C)c1ncn[nH]1. The van der Waals surface area contributed by atoms with Crippen LogP contribution in [0.5, 0.6) is 0 Å². The zero-order chi connectivity index (χ0) is 13.1. The first-order chi connectivity index (χ1) is 7.80. The number of amides is 1. The monoisotopic (exact) mass is 238 g/mol. The maximum atomic E-state index is 12.0. The van der Waals surface area contributed by atoms with Crippen LogP contribution in [0.3, 0.4) is 0 Å². The second-order valence-electron chi connectivity index (χ2n) is 5.78. The molecular weight excluding hydrogens is 216 g/mol. The number of hydrogen-bond donors (Lipinski definition) is 2. The summed E-state index contributed by atoms with van der Waals surface area (Å²) < 4.78 is 0. The highest BCUT2D eigenvalue weighted by Gasteiger charge is 2.26. The summed E-state index contributed by atoms with van der Waals surface area (Å²) in [5.41, 5.74) is -0.394. The predicted molar refractivity (Wildman–Crippen MR) is 66.2 cm³/mol. The topological polar surface area (TPSA) is 70.7 Å². The Labute approximate surface area is 102 Å². The fraction of sp³-hybridized carbons (Fsp3) is 0.750. The molecule has 2 N–H and O–H groups in total. The Bertz CT molecular complexity index is 351. The molecular formula is C12H22N4O. The van der Waals surface area contributed by atoms with Gasteiger partial charge in [-0.25, -0.2) is 4.98 Å². The normalized spacial score (nSPS) is 13.8. The first-order valence-corrected chi connectivity index (χ1v) is 5.97. The Morgan fingerprint density at radius 2 is 2.12 bits per heavy atom. The minimum atomic E-state index is -0.394.